The van der Waals surface area contributed by atoms with Gasteiger partial charge >= 0.3 is 0 Å². The highest BCUT2D eigenvalue weighted by atomic mass is 35.5. The highest BCUT2D eigenvalue weighted by Crippen LogP contribution is 2.11. The maximum atomic E-state index is 12.2. The number of benzene rings is 1. The molecule has 7 heteroatoms. The molecule has 0 amide bonds. The van der Waals surface area contributed by atoms with Crippen molar-refractivity contribution in [2.24, 2.45) is 0 Å². The van der Waals surface area contributed by atoms with Gasteiger partial charge in [0.2, 0.25) is 0 Å². The molecule has 1 aromatic carbocycles. The Kier molecular flexibility index (Phi) is 5.52. The van der Waals surface area contributed by atoms with Crippen LogP contribution < -0.4 is 5.56 Å². The predicted octanol–water partition coefficient (Wildman–Crippen LogP) is 2.44. The molecule has 3 aromatic rings. The Labute approximate surface area is 156 Å². The largest absolute Gasteiger partial charge is 0.383 e. The Morgan fingerprint density at radius 2 is 2.12 bits per heavy atom. The van der Waals surface area contributed by atoms with Crippen LogP contribution >= 0.6 is 11.6 Å². The summed E-state index contributed by atoms with van der Waals surface area (Å²) < 4.78 is 8.12. The van der Waals surface area contributed by atoms with Crippen molar-refractivity contribution in [1.82, 2.24) is 19.3 Å². The van der Waals surface area contributed by atoms with Gasteiger partial charge in [0.25, 0.3) is 5.56 Å². The summed E-state index contributed by atoms with van der Waals surface area (Å²) in [5, 5.41) is 4.81. The number of nitrogens with zero attached hydrogens (tertiary/aromatic N) is 4. The lowest BCUT2D eigenvalue weighted by Gasteiger charge is -2.06. The van der Waals surface area contributed by atoms with Gasteiger partial charge in [0, 0.05) is 30.0 Å². The van der Waals surface area contributed by atoms with E-state index in [0.29, 0.717) is 29.6 Å². The third-order valence-electron chi connectivity index (χ3n) is 3.68. The monoisotopic (exact) mass is 368 g/mol. The number of imidazole rings is 1. The molecular weight excluding hydrogens is 352 g/mol. The molecule has 26 heavy (non-hydrogen) atoms. The molecule has 2 heterocycles. The van der Waals surface area contributed by atoms with Crippen molar-refractivity contribution in [2.45, 2.75) is 13.5 Å². The lowest BCUT2D eigenvalue weighted by molar-refractivity contribution is 0.182. The summed E-state index contributed by atoms with van der Waals surface area (Å²) in [6.07, 6.45) is 3.41. The van der Waals surface area contributed by atoms with E-state index in [0.717, 1.165) is 11.4 Å². The molecule has 0 saturated heterocycles. The molecule has 2 aromatic heterocycles. The van der Waals surface area contributed by atoms with Crippen LogP contribution in [0.1, 0.15) is 17.1 Å². The average molecular weight is 369 g/mol. The Morgan fingerprint density at radius 3 is 2.85 bits per heavy atom. The predicted molar refractivity (Wildman–Crippen MR) is 99.7 cm³/mol. The Hall–Kier alpha value is -2.88. The minimum atomic E-state index is -0.195. The van der Waals surface area contributed by atoms with E-state index in [1.165, 1.54) is 10.7 Å². The van der Waals surface area contributed by atoms with Crippen molar-refractivity contribution in [3.63, 3.8) is 0 Å². The van der Waals surface area contributed by atoms with Crippen LogP contribution in [0.3, 0.4) is 0 Å². The fourth-order valence-electron chi connectivity index (χ4n) is 2.40. The van der Waals surface area contributed by atoms with E-state index in [2.05, 4.69) is 21.9 Å². The van der Waals surface area contributed by atoms with Gasteiger partial charge in [0.1, 0.15) is 11.5 Å². The number of rotatable bonds is 4. The number of hydrogen-bond donors (Lipinski definition) is 0. The van der Waals surface area contributed by atoms with Gasteiger partial charge in [0.15, 0.2) is 0 Å². The molecule has 0 unspecified atom stereocenters. The molecule has 0 aliphatic rings. The summed E-state index contributed by atoms with van der Waals surface area (Å²) in [7, 11) is 1.58. The summed E-state index contributed by atoms with van der Waals surface area (Å²) in [6.45, 7) is 2.69. The van der Waals surface area contributed by atoms with Crippen molar-refractivity contribution in [1.29, 1.82) is 0 Å². The van der Waals surface area contributed by atoms with E-state index in [1.807, 2.05) is 19.1 Å². The molecule has 0 radical (unpaired) electrons. The standard InChI is InChI=1S/C19H17ClN4O2/c1-14-22-17(7-6-15-4-3-5-16(20)10-15)13-23(14)18-11-19(25)24(21-12-18)8-9-26-2/h3-5,10-13H,8-9H2,1-2H3. The van der Waals surface area contributed by atoms with E-state index < -0.39 is 0 Å². The maximum Gasteiger partial charge on any atom is 0.268 e. The van der Waals surface area contributed by atoms with Gasteiger partial charge in [-0.2, -0.15) is 5.10 Å². The summed E-state index contributed by atoms with van der Waals surface area (Å²) in [4.78, 5) is 16.6. The first-order chi connectivity index (χ1) is 12.6. The number of hydrogen-bond acceptors (Lipinski definition) is 4. The van der Waals surface area contributed by atoms with E-state index in [9.17, 15) is 4.79 Å². The van der Waals surface area contributed by atoms with E-state index in [-0.39, 0.29) is 5.56 Å². The highest BCUT2D eigenvalue weighted by Gasteiger charge is 2.07. The summed E-state index contributed by atoms with van der Waals surface area (Å²) in [5.74, 6) is 6.76. The van der Waals surface area contributed by atoms with E-state index in [1.54, 1.807) is 36.2 Å². The lowest BCUT2D eigenvalue weighted by atomic mass is 10.2. The Bertz CT molecular complexity index is 1040. The molecule has 0 bridgehead atoms. The van der Waals surface area contributed by atoms with E-state index in [4.69, 9.17) is 16.3 Å². The smallest absolute Gasteiger partial charge is 0.268 e. The Morgan fingerprint density at radius 1 is 1.27 bits per heavy atom. The van der Waals surface area contributed by atoms with Gasteiger partial charge in [-0.25, -0.2) is 9.67 Å². The number of methoxy groups -OCH3 is 1. The highest BCUT2D eigenvalue weighted by molar-refractivity contribution is 6.30. The van der Waals surface area contributed by atoms with Gasteiger partial charge in [-0.3, -0.25) is 4.79 Å². The molecule has 3 rings (SSSR count). The van der Waals surface area contributed by atoms with Crippen LogP contribution in [-0.2, 0) is 11.3 Å². The van der Waals surface area contributed by atoms with Crippen molar-refractivity contribution in [3.05, 3.63) is 75.2 Å². The second-order valence-electron chi connectivity index (χ2n) is 5.57. The second kappa shape index (κ2) is 8.00. The first-order valence-electron chi connectivity index (χ1n) is 7.97. The molecular formula is C19H17ClN4O2. The minimum Gasteiger partial charge on any atom is -0.383 e. The second-order valence-corrected chi connectivity index (χ2v) is 6.01. The van der Waals surface area contributed by atoms with Gasteiger partial charge < -0.3 is 9.30 Å². The van der Waals surface area contributed by atoms with Gasteiger partial charge in [-0.1, -0.05) is 23.6 Å². The Balaban J connectivity index is 1.87. The normalized spacial score (nSPS) is 10.4. The van der Waals surface area contributed by atoms with Crippen molar-refractivity contribution in [2.75, 3.05) is 13.7 Å². The van der Waals surface area contributed by atoms with Crippen LogP contribution in [0.15, 0.2) is 47.5 Å². The molecule has 132 valence electrons. The first-order valence-corrected chi connectivity index (χ1v) is 8.34. The van der Waals surface area contributed by atoms with Crippen molar-refractivity contribution < 1.29 is 4.74 Å². The van der Waals surface area contributed by atoms with Gasteiger partial charge in [0.05, 0.1) is 25.0 Å². The van der Waals surface area contributed by atoms with Crippen LogP contribution in [0, 0.1) is 18.8 Å². The van der Waals surface area contributed by atoms with Crippen LogP contribution in [0.5, 0.6) is 0 Å². The van der Waals surface area contributed by atoms with Crippen molar-refractivity contribution >= 4 is 11.6 Å². The molecule has 0 saturated carbocycles. The van der Waals surface area contributed by atoms with Crippen LogP contribution in [0.4, 0.5) is 0 Å². The zero-order chi connectivity index (χ0) is 18.5. The molecule has 0 fully saturated rings. The summed E-state index contributed by atoms with van der Waals surface area (Å²) in [5.41, 5.74) is 1.86. The zero-order valence-corrected chi connectivity index (χ0v) is 15.2. The molecule has 6 nitrogen and oxygen atoms in total. The third kappa shape index (κ3) is 4.20. The number of halogens is 1. The fraction of sp³-hybridized carbons (Fsp3) is 0.211. The molecule has 0 spiro atoms. The third-order valence-corrected chi connectivity index (χ3v) is 3.92. The summed E-state index contributed by atoms with van der Waals surface area (Å²) in [6, 6.07) is 8.84. The van der Waals surface area contributed by atoms with Crippen LogP contribution in [-0.4, -0.2) is 33.0 Å². The van der Waals surface area contributed by atoms with Crippen molar-refractivity contribution in [3.8, 4) is 17.5 Å². The zero-order valence-electron chi connectivity index (χ0n) is 14.4. The minimum absolute atomic E-state index is 0.195. The number of ether oxygens (including phenoxy) is 1. The fourth-order valence-corrected chi connectivity index (χ4v) is 2.59. The van der Waals surface area contributed by atoms with Gasteiger partial charge in [-0.05, 0) is 31.0 Å². The lowest BCUT2D eigenvalue weighted by Crippen LogP contribution is -2.24. The molecule has 0 atom stereocenters. The van der Waals surface area contributed by atoms with Crippen LogP contribution in [0.2, 0.25) is 5.02 Å². The molecule has 0 aliphatic heterocycles. The SMILES string of the molecule is COCCn1ncc(-n2cc(C#Cc3cccc(Cl)c3)nc2C)cc1=O. The van der Waals surface area contributed by atoms with Gasteiger partial charge in [-0.15, -0.1) is 0 Å². The van der Waals surface area contributed by atoms with E-state index >= 15 is 0 Å². The average Bonchev–Trinajstić information content (AvgIpc) is 3.00. The molecule has 0 N–H and O–H groups in total. The summed E-state index contributed by atoms with van der Waals surface area (Å²) >= 11 is 5.96. The number of aryl methyl sites for hydroxylation is 1. The topological polar surface area (TPSA) is 61.9 Å². The molecule has 0 aliphatic carbocycles. The quantitative estimate of drug-likeness (QED) is 0.663. The first kappa shape index (κ1) is 17.9. The number of aromatic nitrogens is 4. The maximum absolute atomic E-state index is 12.2. The van der Waals surface area contributed by atoms with Crippen LogP contribution in [0.25, 0.3) is 5.69 Å².